The molecule has 0 saturated carbocycles. The van der Waals surface area contributed by atoms with Gasteiger partial charge in [-0.05, 0) is 55.0 Å². The van der Waals surface area contributed by atoms with Crippen LogP contribution in [-0.2, 0) is 4.79 Å². The van der Waals surface area contributed by atoms with Crippen LogP contribution in [0.25, 0.3) is 0 Å². The first kappa shape index (κ1) is 18.8. The van der Waals surface area contributed by atoms with Crippen LogP contribution in [0.4, 0.5) is 11.4 Å². The summed E-state index contributed by atoms with van der Waals surface area (Å²) in [6.45, 7) is 2.89. The molecule has 2 aromatic rings. The van der Waals surface area contributed by atoms with Gasteiger partial charge < -0.3 is 16.0 Å². The van der Waals surface area contributed by atoms with Crippen LogP contribution in [0.1, 0.15) is 30.1 Å². The number of halogens is 1. The highest BCUT2D eigenvalue weighted by molar-refractivity contribution is 6.30. The molecule has 0 unspecified atom stereocenters. The van der Waals surface area contributed by atoms with Gasteiger partial charge in [-0.3, -0.25) is 9.59 Å². The van der Waals surface area contributed by atoms with E-state index < -0.39 is 0 Å². The molecule has 5 nitrogen and oxygen atoms in total. The first-order valence-electron chi connectivity index (χ1n) is 8.26. The highest BCUT2D eigenvalue weighted by Crippen LogP contribution is 2.13. The van der Waals surface area contributed by atoms with Gasteiger partial charge >= 0.3 is 0 Å². The smallest absolute Gasteiger partial charge is 0.251 e. The number of benzene rings is 2. The fourth-order valence-electron chi connectivity index (χ4n) is 2.14. The van der Waals surface area contributed by atoms with Gasteiger partial charge in [-0.1, -0.05) is 24.9 Å². The monoisotopic (exact) mass is 359 g/mol. The van der Waals surface area contributed by atoms with E-state index in [9.17, 15) is 9.59 Å². The number of carbonyl (C=O) groups excluding carboxylic acids is 2. The molecule has 0 bridgehead atoms. The number of unbranched alkanes of at least 4 members (excludes halogenated alkanes) is 1. The van der Waals surface area contributed by atoms with Gasteiger partial charge in [0, 0.05) is 28.5 Å². The maximum atomic E-state index is 11.9. The number of amides is 2. The summed E-state index contributed by atoms with van der Waals surface area (Å²) in [5.74, 6) is -0.246. The number of nitrogens with one attached hydrogen (secondary N) is 3. The predicted octanol–water partition coefficient (Wildman–Crippen LogP) is 3.92. The molecule has 0 aliphatic carbocycles. The van der Waals surface area contributed by atoms with E-state index in [0.29, 0.717) is 22.8 Å². The SMILES string of the molecule is CCCCNC(=O)c1ccc(NCC(=O)Nc2ccc(Cl)cc2)cc1. The van der Waals surface area contributed by atoms with Crippen molar-refractivity contribution in [1.82, 2.24) is 5.32 Å². The topological polar surface area (TPSA) is 70.2 Å². The summed E-state index contributed by atoms with van der Waals surface area (Å²) >= 11 is 5.81. The Bertz CT molecular complexity index is 700. The fourth-order valence-corrected chi connectivity index (χ4v) is 2.27. The molecular weight excluding hydrogens is 338 g/mol. The number of rotatable bonds is 8. The Kier molecular flexibility index (Phi) is 7.29. The fraction of sp³-hybridized carbons (Fsp3) is 0.263. The lowest BCUT2D eigenvalue weighted by atomic mass is 10.2. The minimum Gasteiger partial charge on any atom is -0.376 e. The van der Waals surface area contributed by atoms with Crippen molar-refractivity contribution in [3.8, 4) is 0 Å². The molecule has 0 radical (unpaired) electrons. The Labute approximate surface area is 152 Å². The number of carbonyl (C=O) groups is 2. The Balaban J connectivity index is 1.79. The van der Waals surface area contributed by atoms with E-state index in [1.807, 2.05) is 0 Å². The second kappa shape index (κ2) is 9.69. The molecule has 0 saturated heterocycles. The summed E-state index contributed by atoms with van der Waals surface area (Å²) in [5.41, 5.74) is 2.07. The van der Waals surface area contributed by atoms with Gasteiger partial charge in [0.2, 0.25) is 5.91 Å². The highest BCUT2D eigenvalue weighted by atomic mass is 35.5. The third-order valence-corrected chi connectivity index (χ3v) is 3.80. The van der Waals surface area contributed by atoms with Crippen LogP contribution in [0.15, 0.2) is 48.5 Å². The Morgan fingerprint density at radius 2 is 1.60 bits per heavy atom. The largest absolute Gasteiger partial charge is 0.376 e. The van der Waals surface area contributed by atoms with Crippen molar-refractivity contribution in [1.29, 1.82) is 0 Å². The number of anilines is 2. The predicted molar refractivity (Wildman–Crippen MR) is 102 cm³/mol. The molecule has 2 aromatic carbocycles. The first-order chi connectivity index (χ1) is 12.1. The quantitative estimate of drug-likeness (QED) is 0.625. The van der Waals surface area contributed by atoms with Crippen molar-refractivity contribution in [3.63, 3.8) is 0 Å². The van der Waals surface area contributed by atoms with E-state index in [1.165, 1.54) is 0 Å². The lowest BCUT2D eigenvalue weighted by Crippen LogP contribution is -2.24. The average molecular weight is 360 g/mol. The molecule has 25 heavy (non-hydrogen) atoms. The third kappa shape index (κ3) is 6.47. The van der Waals surface area contributed by atoms with E-state index in [2.05, 4.69) is 22.9 Å². The van der Waals surface area contributed by atoms with Crippen LogP contribution < -0.4 is 16.0 Å². The van der Waals surface area contributed by atoms with Crippen LogP contribution in [0, 0.1) is 0 Å². The van der Waals surface area contributed by atoms with Gasteiger partial charge in [0.05, 0.1) is 6.54 Å². The minimum atomic E-state index is -0.163. The molecular formula is C19H22ClN3O2. The molecule has 6 heteroatoms. The lowest BCUT2D eigenvalue weighted by Gasteiger charge is -2.09. The number of hydrogen-bond donors (Lipinski definition) is 3. The normalized spacial score (nSPS) is 10.2. The van der Waals surface area contributed by atoms with Crippen molar-refractivity contribution in [2.24, 2.45) is 0 Å². The molecule has 0 fully saturated rings. The molecule has 2 amide bonds. The van der Waals surface area contributed by atoms with Crippen molar-refractivity contribution in [2.45, 2.75) is 19.8 Å². The van der Waals surface area contributed by atoms with Gasteiger partial charge in [-0.15, -0.1) is 0 Å². The van der Waals surface area contributed by atoms with Crippen LogP contribution in [0.3, 0.4) is 0 Å². The zero-order chi connectivity index (χ0) is 18.1. The highest BCUT2D eigenvalue weighted by Gasteiger charge is 2.06. The lowest BCUT2D eigenvalue weighted by molar-refractivity contribution is -0.114. The first-order valence-corrected chi connectivity index (χ1v) is 8.64. The van der Waals surface area contributed by atoms with Crippen LogP contribution in [-0.4, -0.2) is 24.9 Å². The second-order valence-electron chi connectivity index (χ2n) is 5.60. The number of hydrogen-bond acceptors (Lipinski definition) is 3. The van der Waals surface area contributed by atoms with Gasteiger partial charge in [0.1, 0.15) is 0 Å². The Morgan fingerprint density at radius 3 is 2.24 bits per heavy atom. The van der Waals surface area contributed by atoms with Gasteiger partial charge in [-0.2, -0.15) is 0 Å². The van der Waals surface area contributed by atoms with E-state index in [-0.39, 0.29) is 18.4 Å². The van der Waals surface area contributed by atoms with Crippen molar-refractivity contribution >= 4 is 34.8 Å². The van der Waals surface area contributed by atoms with Gasteiger partial charge in [0.15, 0.2) is 0 Å². The Morgan fingerprint density at radius 1 is 0.960 bits per heavy atom. The molecule has 0 aromatic heterocycles. The summed E-state index contributed by atoms with van der Waals surface area (Å²) in [6.07, 6.45) is 2.01. The molecule has 0 heterocycles. The van der Waals surface area contributed by atoms with Gasteiger partial charge in [0.25, 0.3) is 5.91 Å². The summed E-state index contributed by atoms with van der Waals surface area (Å²) in [7, 11) is 0. The molecule has 0 aliphatic heterocycles. The summed E-state index contributed by atoms with van der Waals surface area (Å²) in [6, 6.07) is 14.0. The second-order valence-corrected chi connectivity index (χ2v) is 6.03. The third-order valence-electron chi connectivity index (χ3n) is 3.54. The standard InChI is InChI=1S/C19H22ClN3O2/c1-2-3-12-21-19(25)14-4-8-16(9-5-14)22-13-18(24)23-17-10-6-15(20)7-11-17/h4-11,22H,2-3,12-13H2,1H3,(H,21,25)(H,23,24). The van der Waals surface area contributed by atoms with E-state index in [1.54, 1.807) is 48.5 Å². The van der Waals surface area contributed by atoms with Crippen molar-refractivity contribution in [2.75, 3.05) is 23.7 Å². The average Bonchev–Trinajstić information content (AvgIpc) is 2.62. The van der Waals surface area contributed by atoms with Gasteiger partial charge in [-0.25, -0.2) is 0 Å². The maximum absolute atomic E-state index is 11.9. The summed E-state index contributed by atoms with van der Waals surface area (Å²) in [4.78, 5) is 23.8. The molecule has 3 N–H and O–H groups in total. The van der Waals surface area contributed by atoms with Crippen molar-refractivity contribution in [3.05, 3.63) is 59.1 Å². The van der Waals surface area contributed by atoms with Crippen LogP contribution in [0.2, 0.25) is 5.02 Å². The Hall–Kier alpha value is -2.53. The maximum Gasteiger partial charge on any atom is 0.251 e. The minimum absolute atomic E-state index is 0.0829. The van der Waals surface area contributed by atoms with E-state index >= 15 is 0 Å². The zero-order valence-electron chi connectivity index (χ0n) is 14.1. The zero-order valence-corrected chi connectivity index (χ0v) is 14.9. The van der Waals surface area contributed by atoms with E-state index in [4.69, 9.17) is 11.6 Å². The van der Waals surface area contributed by atoms with E-state index in [0.717, 1.165) is 18.5 Å². The molecule has 2 rings (SSSR count). The van der Waals surface area contributed by atoms with Crippen molar-refractivity contribution < 1.29 is 9.59 Å². The van der Waals surface area contributed by atoms with Crippen LogP contribution >= 0.6 is 11.6 Å². The summed E-state index contributed by atoms with van der Waals surface area (Å²) in [5, 5.41) is 9.29. The molecule has 132 valence electrons. The van der Waals surface area contributed by atoms with Crippen LogP contribution in [0.5, 0.6) is 0 Å². The molecule has 0 spiro atoms. The molecule has 0 atom stereocenters. The molecule has 0 aliphatic rings. The summed E-state index contributed by atoms with van der Waals surface area (Å²) < 4.78 is 0.